The molecule has 0 aliphatic carbocycles. The summed E-state index contributed by atoms with van der Waals surface area (Å²) < 4.78 is 13.1. The fraction of sp³-hybridized carbons (Fsp3) is 0.286. The first-order valence-electron chi connectivity index (χ1n) is 11.1. The first kappa shape index (κ1) is 21.6. The molecule has 0 radical (unpaired) electrons. The first-order valence-corrected chi connectivity index (χ1v) is 11.1. The van der Waals surface area contributed by atoms with E-state index in [4.69, 9.17) is 9.31 Å². The maximum atomic E-state index is 6.56. The van der Waals surface area contributed by atoms with E-state index in [0.717, 1.165) is 12.8 Å². The minimum absolute atomic E-state index is 0.381. The van der Waals surface area contributed by atoms with Crippen LogP contribution in [0, 0.1) is 0 Å². The zero-order chi connectivity index (χ0) is 21.9. The molecule has 0 atom stereocenters. The zero-order valence-corrected chi connectivity index (χ0v) is 19.0. The predicted octanol–water partition coefficient (Wildman–Crippen LogP) is 6.56. The molecule has 3 heteroatoms. The van der Waals surface area contributed by atoms with Crippen LogP contribution < -0.4 is 0 Å². The zero-order valence-electron chi connectivity index (χ0n) is 19.0. The number of hydrogen-bond acceptors (Lipinski definition) is 2. The van der Waals surface area contributed by atoms with Gasteiger partial charge in [0.05, 0.1) is 11.2 Å². The molecule has 0 unspecified atom stereocenters. The van der Waals surface area contributed by atoms with Crippen molar-refractivity contribution in [1.82, 2.24) is 0 Å². The van der Waals surface area contributed by atoms with E-state index in [2.05, 4.69) is 119 Å². The molecule has 158 valence electrons. The van der Waals surface area contributed by atoms with Crippen LogP contribution in [0.5, 0.6) is 0 Å². The molecule has 3 aromatic carbocycles. The summed E-state index contributed by atoms with van der Waals surface area (Å²) in [6.45, 7) is 8.47. The Kier molecular flexibility index (Phi) is 6.18. The third-order valence-corrected chi connectivity index (χ3v) is 6.51. The molecule has 0 saturated carbocycles. The minimum Gasteiger partial charge on any atom is -0.400 e. The summed E-state index contributed by atoms with van der Waals surface area (Å²) in [5.41, 5.74) is 5.46. The third kappa shape index (κ3) is 4.84. The van der Waals surface area contributed by atoms with Crippen LogP contribution in [-0.2, 0) is 22.2 Å². The van der Waals surface area contributed by atoms with Crippen molar-refractivity contribution in [3.63, 3.8) is 0 Å². The van der Waals surface area contributed by atoms with Crippen molar-refractivity contribution in [2.45, 2.75) is 51.7 Å². The molecule has 0 aromatic heterocycles. The summed E-state index contributed by atoms with van der Waals surface area (Å²) in [5.74, 6) is 0. The van der Waals surface area contributed by atoms with Gasteiger partial charge in [-0.2, -0.15) is 0 Å². The number of allylic oxidation sites excluding steroid dienone is 2. The van der Waals surface area contributed by atoms with Gasteiger partial charge in [0.1, 0.15) is 0 Å². The summed E-state index contributed by atoms with van der Waals surface area (Å²) >= 11 is 0. The number of rotatable bonds is 6. The topological polar surface area (TPSA) is 18.5 Å². The van der Waals surface area contributed by atoms with Crippen LogP contribution in [0.1, 0.15) is 44.4 Å². The highest BCUT2D eigenvalue weighted by molar-refractivity contribution is 6.56. The van der Waals surface area contributed by atoms with E-state index in [1.165, 1.54) is 27.7 Å². The van der Waals surface area contributed by atoms with Crippen LogP contribution in [0.4, 0.5) is 0 Å². The van der Waals surface area contributed by atoms with E-state index in [0.29, 0.717) is 0 Å². The summed E-state index contributed by atoms with van der Waals surface area (Å²) in [4.78, 5) is 0. The van der Waals surface area contributed by atoms with E-state index in [1.54, 1.807) is 0 Å². The SMILES string of the molecule is CC1(C)OB(/C(Cc2ccccc2)=C(/Cc2ccccc2)c2ccccc2)OC1(C)C. The van der Waals surface area contributed by atoms with Gasteiger partial charge in [0.15, 0.2) is 0 Å². The maximum Gasteiger partial charge on any atom is 0.491 e. The lowest BCUT2D eigenvalue weighted by atomic mass is 9.69. The molecule has 4 rings (SSSR count). The van der Waals surface area contributed by atoms with Crippen molar-refractivity contribution in [2.75, 3.05) is 0 Å². The lowest BCUT2D eigenvalue weighted by Gasteiger charge is -2.32. The molecule has 0 N–H and O–H groups in total. The minimum atomic E-state index is -0.385. The molecule has 1 heterocycles. The van der Waals surface area contributed by atoms with Crippen molar-refractivity contribution in [1.29, 1.82) is 0 Å². The van der Waals surface area contributed by atoms with E-state index < -0.39 is 0 Å². The van der Waals surface area contributed by atoms with Crippen molar-refractivity contribution in [3.05, 3.63) is 113 Å². The van der Waals surface area contributed by atoms with Crippen LogP contribution in [0.15, 0.2) is 96.5 Å². The van der Waals surface area contributed by atoms with Crippen LogP contribution >= 0.6 is 0 Å². The average molecular weight is 410 g/mol. The Morgan fingerprint density at radius 1 is 0.613 bits per heavy atom. The molecule has 1 fully saturated rings. The fourth-order valence-corrected chi connectivity index (χ4v) is 3.97. The second kappa shape index (κ2) is 8.86. The normalized spacial score (nSPS) is 18.0. The molecule has 1 aliphatic rings. The quantitative estimate of drug-likeness (QED) is 0.429. The van der Waals surface area contributed by atoms with Gasteiger partial charge in [-0.3, -0.25) is 0 Å². The molecule has 2 nitrogen and oxygen atoms in total. The molecular formula is C28H31BO2. The summed E-state index contributed by atoms with van der Waals surface area (Å²) in [6.07, 6.45) is 1.62. The van der Waals surface area contributed by atoms with Gasteiger partial charge >= 0.3 is 7.12 Å². The van der Waals surface area contributed by atoms with Gasteiger partial charge < -0.3 is 9.31 Å². The Labute approximate surface area is 187 Å². The average Bonchev–Trinajstić information content (AvgIpc) is 2.99. The molecule has 1 aliphatic heterocycles. The van der Waals surface area contributed by atoms with Gasteiger partial charge in [-0.1, -0.05) is 91.0 Å². The Bertz CT molecular complexity index is 1010. The Morgan fingerprint density at radius 2 is 1.03 bits per heavy atom. The van der Waals surface area contributed by atoms with E-state index in [-0.39, 0.29) is 18.3 Å². The van der Waals surface area contributed by atoms with Gasteiger partial charge in [-0.25, -0.2) is 0 Å². The Hall–Kier alpha value is -2.62. The summed E-state index contributed by atoms with van der Waals surface area (Å²) in [6, 6.07) is 31.9. The lowest BCUT2D eigenvalue weighted by Crippen LogP contribution is -2.41. The Morgan fingerprint density at radius 3 is 1.52 bits per heavy atom. The van der Waals surface area contributed by atoms with Crippen molar-refractivity contribution in [3.8, 4) is 0 Å². The molecule has 0 amide bonds. The fourth-order valence-electron chi connectivity index (χ4n) is 3.97. The van der Waals surface area contributed by atoms with Gasteiger partial charge in [0.25, 0.3) is 0 Å². The van der Waals surface area contributed by atoms with Gasteiger partial charge in [0, 0.05) is 0 Å². The van der Waals surface area contributed by atoms with Crippen LogP contribution in [0.3, 0.4) is 0 Å². The second-order valence-electron chi connectivity index (χ2n) is 9.28. The van der Waals surface area contributed by atoms with Crippen LogP contribution in [0.2, 0.25) is 0 Å². The molecule has 31 heavy (non-hydrogen) atoms. The van der Waals surface area contributed by atoms with Crippen molar-refractivity contribution in [2.24, 2.45) is 0 Å². The van der Waals surface area contributed by atoms with Gasteiger partial charge in [0.2, 0.25) is 0 Å². The van der Waals surface area contributed by atoms with Crippen molar-refractivity contribution >= 4 is 12.7 Å². The smallest absolute Gasteiger partial charge is 0.400 e. The van der Waals surface area contributed by atoms with Gasteiger partial charge in [-0.05, 0) is 68.3 Å². The molecule has 3 aromatic rings. The van der Waals surface area contributed by atoms with E-state index in [9.17, 15) is 0 Å². The third-order valence-electron chi connectivity index (χ3n) is 6.51. The molecule has 0 spiro atoms. The highest BCUT2D eigenvalue weighted by atomic mass is 16.7. The first-order chi connectivity index (χ1) is 14.9. The van der Waals surface area contributed by atoms with Gasteiger partial charge in [-0.15, -0.1) is 0 Å². The summed E-state index contributed by atoms with van der Waals surface area (Å²) in [5, 5.41) is 0. The maximum absolute atomic E-state index is 6.56. The van der Waals surface area contributed by atoms with E-state index in [1.807, 2.05) is 0 Å². The van der Waals surface area contributed by atoms with Crippen LogP contribution in [-0.4, -0.2) is 18.3 Å². The monoisotopic (exact) mass is 410 g/mol. The van der Waals surface area contributed by atoms with Crippen molar-refractivity contribution < 1.29 is 9.31 Å². The Balaban J connectivity index is 1.85. The van der Waals surface area contributed by atoms with Crippen LogP contribution in [0.25, 0.3) is 5.57 Å². The highest BCUT2D eigenvalue weighted by Gasteiger charge is 2.52. The number of benzene rings is 3. The number of hydrogen-bond donors (Lipinski definition) is 0. The standard InChI is InChI=1S/C28H31BO2/c1-27(2)28(3,4)31-29(30-27)26(21-23-16-10-6-11-17-23)25(24-18-12-7-13-19-24)20-22-14-8-5-9-15-22/h5-19H,20-21H2,1-4H3/b26-25-. The van der Waals surface area contributed by atoms with E-state index >= 15 is 0 Å². The predicted molar refractivity (Wildman–Crippen MR) is 130 cm³/mol. The molecule has 0 bridgehead atoms. The molecular weight excluding hydrogens is 379 g/mol. The largest absolute Gasteiger partial charge is 0.491 e. The summed E-state index contributed by atoms with van der Waals surface area (Å²) in [7, 11) is -0.385. The lowest BCUT2D eigenvalue weighted by molar-refractivity contribution is 0.00578. The highest BCUT2D eigenvalue weighted by Crippen LogP contribution is 2.41. The molecule has 1 saturated heterocycles. The second-order valence-corrected chi connectivity index (χ2v) is 9.28.